The fourth-order valence-electron chi connectivity index (χ4n) is 0.719. The average Bonchev–Trinajstić information content (AvgIpc) is 2.13. The van der Waals surface area contributed by atoms with Crippen molar-refractivity contribution in [2.75, 3.05) is 13.2 Å². The van der Waals surface area contributed by atoms with Crippen LogP contribution in [0.3, 0.4) is 0 Å². The Hall–Kier alpha value is -0.630. The molecule has 0 atom stereocenters. The Bertz CT molecular complexity index is 326. The molecule has 0 saturated carbocycles. The largest absolute Gasteiger partial charge is 0.477 e. The molecule has 0 bridgehead atoms. The standard InChI is InChI=1S/C7H10IN3O2/c8-5-6(12)10-4-11-7(5)13-3-1-2-9/h4H,1-3,9H2,(H,10,11,12). The van der Waals surface area contributed by atoms with E-state index in [0.29, 0.717) is 22.6 Å². The summed E-state index contributed by atoms with van der Waals surface area (Å²) in [5, 5.41) is 0. The number of aromatic nitrogens is 2. The minimum absolute atomic E-state index is 0.182. The predicted octanol–water partition coefficient (Wildman–Crippen LogP) is 0.102. The lowest BCUT2D eigenvalue weighted by atomic mass is 10.5. The van der Waals surface area contributed by atoms with Crippen LogP contribution in [0.5, 0.6) is 5.88 Å². The highest BCUT2D eigenvalue weighted by Gasteiger charge is 2.04. The highest BCUT2D eigenvalue weighted by molar-refractivity contribution is 14.1. The quantitative estimate of drug-likeness (QED) is 0.610. The summed E-state index contributed by atoms with van der Waals surface area (Å²) >= 11 is 1.89. The fraction of sp³-hybridized carbons (Fsp3) is 0.429. The molecule has 0 radical (unpaired) electrons. The maximum absolute atomic E-state index is 11.1. The number of ether oxygens (including phenoxy) is 1. The first-order chi connectivity index (χ1) is 6.25. The second kappa shape index (κ2) is 5.18. The molecule has 0 saturated heterocycles. The Morgan fingerprint density at radius 2 is 2.46 bits per heavy atom. The molecule has 0 amide bonds. The van der Waals surface area contributed by atoms with Crippen molar-refractivity contribution in [3.05, 3.63) is 20.3 Å². The summed E-state index contributed by atoms with van der Waals surface area (Å²) in [5.41, 5.74) is 5.11. The SMILES string of the molecule is NCCCOc1nc[nH]c(=O)c1I. The van der Waals surface area contributed by atoms with Gasteiger partial charge in [0.15, 0.2) is 0 Å². The maximum Gasteiger partial charge on any atom is 0.268 e. The van der Waals surface area contributed by atoms with Gasteiger partial charge in [0.05, 0.1) is 12.9 Å². The number of hydrogen-bond donors (Lipinski definition) is 2. The summed E-state index contributed by atoms with van der Waals surface area (Å²) in [6.07, 6.45) is 2.08. The Balaban J connectivity index is 2.66. The van der Waals surface area contributed by atoms with Crippen molar-refractivity contribution in [2.24, 2.45) is 5.73 Å². The van der Waals surface area contributed by atoms with E-state index in [1.807, 2.05) is 22.6 Å². The van der Waals surface area contributed by atoms with Crippen molar-refractivity contribution in [3.8, 4) is 5.88 Å². The van der Waals surface area contributed by atoms with Gasteiger partial charge in [0.25, 0.3) is 5.56 Å². The van der Waals surface area contributed by atoms with E-state index < -0.39 is 0 Å². The zero-order valence-electron chi connectivity index (χ0n) is 6.92. The van der Waals surface area contributed by atoms with E-state index in [0.717, 1.165) is 6.42 Å². The molecule has 13 heavy (non-hydrogen) atoms. The monoisotopic (exact) mass is 295 g/mol. The van der Waals surface area contributed by atoms with E-state index >= 15 is 0 Å². The van der Waals surface area contributed by atoms with Crippen LogP contribution in [0.1, 0.15) is 6.42 Å². The molecule has 0 aliphatic carbocycles. The number of halogens is 1. The molecular formula is C7H10IN3O2. The first kappa shape index (κ1) is 10.5. The van der Waals surface area contributed by atoms with Crippen LogP contribution in [0, 0.1) is 3.57 Å². The third kappa shape index (κ3) is 2.96. The van der Waals surface area contributed by atoms with Crippen LogP contribution >= 0.6 is 22.6 Å². The predicted molar refractivity (Wildman–Crippen MR) is 56.7 cm³/mol. The molecule has 1 rings (SSSR count). The zero-order valence-corrected chi connectivity index (χ0v) is 9.08. The third-order valence-electron chi connectivity index (χ3n) is 1.35. The minimum atomic E-state index is -0.182. The molecule has 0 spiro atoms. The first-order valence-electron chi connectivity index (χ1n) is 3.81. The van der Waals surface area contributed by atoms with Gasteiger partial charge in [-0.3, -0.25) is 4.79 Å². The molecule has 0 aliphatic heterocycles. The van der Waals surface area contributed by atoms with Gasteiger partial charge >= 0.3 is 0 Å². The van der Waals surface area contributed by atoms with Crippen molar-refractivity contribution in [1.82, 2.24) is 9.97 Å². The summed E-state index contributed by atoms with van der Waals surface area (Å²) in [4.78, 5) is 17.4. The van der Waals surface area contributed by atoms with E-state index in [1.54, 1.807) is 0 Å². The minimum Gasteiger partial charge on any atom is -0.477 e. The highest BCUT2D eigenvalue weighted by Crippen LogP contribution is 2.11. The van der Waals surface area contributed by atoms with Crippen molar-refractivity contribution in [1.29, 1.82) is 0 Å². The van der Waals surface area contributed by atoms with Gasteiger partial charge in [-0.05, 0) is 35.6 Å². The highest BCUT2D eigenvalue weighted by atomic mass is 127. The summed E-state index contributed by atoms with van der Waals surface area (Å²) < 4.78 is 5.71. The van der Waals surface area contributed by atoms with Crippen molar-refractivity contribution < 1.29 is 4.74 Å². The van der Waals surface area contributed by atoms with Crippen LogP contribution in [-0.4, -0.2) is 23.1 Å². The normalized spacial score (nSPS) is 10.0. The number of H-pyrrole nitrogens is 1. The second-order valence-corrected chi connectivity index (χ2v) is 3.42. The Kier molecular flexibility index (Phi) is 4.16. The van der Waals surface area contributed by atoms with E-state index in [1.165, 1.54) is 6.33 Å². The van der Waals surface area contributed by atoms with Gasteiger partial charge in [0.2, 0.25) is 5.88 Å². The zero-order chi connectivity index (χ0) is 9.68. The number of nitrogens with two attached hydrogens (primary N) is 1. The molecule has 0 unspecified atom stereocenters. The maximum atomic E-state index is 11.1. The molecule has 0 fully saturated rings. The Labute approximate surface area is 88.8 Å². The van der Waals surface area contributed by atoms with Gasteiger partial charge in [-0.2, -0.15) is 0 Å². The lowest BCUT2D eigenvalue weighted by Gasteiger charge is -2.04. The van der Waals surface area contributed by atoms with Gasteiger partial charge in [-0.25, -0.2) is 4.98 Å². The molecule has 1 aromatic rings. The molecule has 0 aromatic carbocycles. The van der Waals surface area contributed by atoms with Crippen LogP contribution < -0.4 is 16.0 Å². The van der Waals surface area contributed by atoms with Crippen molar-refractivity contribution in [2.45, 2.75) is 6.42 Å². The molecular weight excluding hydrogens is 285 g/mol. The van der Waals surface area contributed by atoms with E-state index in [-0.39, 0.29) is 5.56 Å². The van der Waals surface area contributed by atoms with E-state index in [4.69, 9.17) is 10.5 Å². The number of hydrogen-bond acceptors (Lipinski definition) is 4. The van der Waals surface area contributed by atoms with Crippen LogP contribution in [-0.2, 0) is 0 Å². The average molecular weight is 295 g/mol. The van der Waals surface area contributed by atoms with Gasteiger partial charge in [0.1, 0.15) is 3.57 Å². The molecule has 1 heterocycles. The van der Waals surface area contributed by atoms with Crippen molar-refractivity contribution in [3.63, 3.8) is 0 Å². The topological polar surface area (TPSA) is 81.0 Å². The molecule has 5 nitrogen and oxygen atoms in total. The number of nitrogens with zero attached hydrogens (tertiary/aromatic N) is 1. The number of aromatic amines is 1. The van der Waals surface area contributed by atoms with E-state index in [9.17, 15) is 4.79 Å². The number of nitrogens with one attached hydrogen (secondary N) is 1. The van der Waals surface area contributed by atoms with Gasteiger partial charge in [-0.1, -0.05) is 0 Å². The number of rotatable bonds is 4. The molecule has 6 heteroatoms. The molecule has 0 aliphatic rings. The van der Waals surface area contributed by atoms with Gasteiger partial charge in [-0.15, -0.1) is 0 Å². The lowest BCUT2D eigenvalue weighted by Crippen LogP contribution is -2.14. The van der Waals surface area contributed by atoms with E-state index in [2.05, 4.69) is 9.97 Å². The van der Waals surface area contributed by atoms with Gasteiger partial charge in [0, 0.05) is 0 Å². The summed E-state index contributed by atoms with van der Waals surface area (Å²) in [5.74, 6) is 0.373. The third-order valence-corrected chi connectivity index (χ3v) is 2.30. The lowest BCUT2D eigenvalue weighted by molar-refractivity contribution is 0.298. The van der Waals surface area contributed by atoms with Gasteiger partial charge < -0.3 is 15.5 Å². The van der Waals surface area contributed by atoms with Crippen molar-refractivity contribution >= 4 is 22.6 Å². The summed E-state index contributed by atoms with van der Waals surface area (Å²) in [6, 6.07) is 0. The van der Waals surface area contributed by atoms with Crippen LogP contribution in [0.4, 0.5) is 0 Å². The fourth-order valence-corrected chi connectivity index (χ4v) is 1.17. The van der Waals surface area contributed by atoms with Crippen LogP contribution in [0.2, 0.25) is 0 Å². The molecule has 3 N–H and O–H groups in total. The molecule has 1 aromatic heterocycles. The molecule has 72 valence electrons. The summed E-state index contributed by atoms with van der Waals surface area (Å²) in [7, 11) is 0. The Morgan fingerprint density at radius 1 is 1.69 bits per heavy atom. The Morgan fingerprint density at radius 3 is 3.15 bits per heavy atom. The first-order valence-corrected chi connectivity index (χ1v) is 4.89. The summed E-state index contributed by atoms with van der Waals surface area (Å²) in [6.45, 7) is 1.06. The second-order valence-electron chi connectivity index (χ2n) is 2.34. The smallest absolute Gasteiger partial charge is 0.268 e. The van der Waals surface area contributed by atoms with Crippen LogP contribution in [0.15, 0.2) is 11.1 Å². The van der Waals surface area contributed by atoms with Crippen LogP contribution in [0.25, 0.3) is 0 Å².